The molecule has 0 saturated carbocycles. The Balaban J connectivity index is 2.18. The highest BCUT2D eigenvalue weighted by Crippen LogP contribution is 2.48. The van der Waals surface area contributed by atoms with Crippen molar-refractivity contribution in [2.75, 3.05) is 27.4 Å². The summed E-state index contributed by atoms with van der Waals surface area (Å²) in [5.41, 5.74) is 0. The second-order valence-corrected chi connectivity index (χ2v) is 8.49. The minimum absolute atomic E-state index is 0.180. The van der Waals surface area contributed by atoms with Gasteiger partial charge in [0, 0.05) is 24.7 Å². The summed E-state index contributed by atoms with van der Waals surface area (Å²) in [5, 5.41) is 0.736. The van der Waals surface area contributed by atoms with E-state index in [9.17, 15) is 4.79 Å². The predicted molar refractivity (Wildman–Crippen MR) is 71.5 cm³/mol. The SMILES string of the molecule is COC[C@H]1Sc2sc(=O)sc2S[C@@H]1COC. The van der Waals surface area contributed by atoms with Gasteiger partial charge in [0.1, 0.15) is 0 Å². The molecule has 1 aliphatic heterocycles. The van der Waals surface area contributed by atoms with Gasteiger partial charge in [-0.05, 0) is 0 Å². The molecule has 2 rings (SSSR count). The van der Waals surface area contributed by atoms with Crippen LogP contribution in [0.2, 0.25) is 0 Å². The average molecular weight is 296 g/mol. The molecule has 0 aromatic carbocycles. The highest BCUT2D eigenvalue weighted by Gasteiger charge is 2.32. The summed E-state index contributed by atoms with van der Waals surface area (Å²) >= 11 is 6.20. The quantitative estimate of drug-likeness (QED) is 0.852. The smallest absolute Gasteiger partial charge is 0.289 e. The molecule has 1 aromatic rings. The van der Waals surface area contributed by atoms with Gasteiger partial charge in [0.25, 0.3) is 4.06 Å². The van der Waals surface area contributed by atoms with Crippen LogP contribution in [-0.2, 0) is 9.47 Å². The summed E-state index contributed by atoms with van der Waals surface area (Å²) in [6.07, 6.45) is 0. The third-order valence-electron chi connectivity index (χ3n) is 2.11. The third kappa shape index (κ3) is 2.83. The fourth-order valence-electron chi connectivity index (χ4n) is 1.44. The molecule has 90 valence electrons. The molecule has 0 N–H and O–H groups in total. The maximum absolute atomic E-state index is 11.3. The Kier molecular flexibility index (Phi) is 4.75. The minimum atomic E-state index is 0.180. The molecular formula is C9H12O3S4. The molecule has 0 radical (unpaired) electrons. The zero-order valence-corrected chi connectivity index (χ0v) is 12.2. The summed E-state index contributed by atoms with van der Waals surface area (Å²) in [7, 11) is 3.42. The van der Waals surface area contributed by atoms with Gasteiger partial charge in [-0.3, -0.25) is 4.79 Å². The monoisotopic (exact) mass is 296 g/mol. The van der Waals surface area contributed by atoms with E-state index in [-0.39, 0.29) is 4.06 Å². The lowest BCUT2D eigenvalue weighted by Gasteiger charge is -2.28. The first-order valence-electron chi connectivity index (χ1n) is 4.69. The summed E-state index contributed by atoms with van der Waals surface area (Å²) in [4.78, 5) is 11.3. The van der Waals surface area contributed by atoms with Gasteiger partial charge in [-0.2, -0.15) is 0 Å². The van der Waals surface area contributed by atoms with Crippen LogP contribution in [0, 0.1) is 0 Å². The Labute approximate surface area is 111 Å². The van der Waals surface area contributed by atoms with Gasteiger partial charge < -0.3 is 9.47 Å². The first-order chi connectivity index (χ1) is 7.74. The standard InChI is InChI=1S/C9H12O3S4/c1-11-3-5-6(4-12-2)14-8-7(13-5)15-9(10)16-8/h5-6H,3-4H2,1-2H3/t5-,6-/m1/s1. The van der Waals surface area contributed by atoms with Gasteiger partial charge >= 0.3 is 0 Å². The van der Waals surface area contributed by atoms with Crippen molar-refractivity contribution in [1.82, 2.24) is 0 Å². The van der Waals surface area contributed by atoms with Crippen molar-refractivity contribution < 1.29 is 9.47 Å². The van der Waals surface area contributed by atoms with E-state index in [0.29, 0.717) is 23.7 Å². The van der Waals surface area contributed by atoms with Crippen LogP contribution >= 0.6 is 46.2 Å². The molecule has 0 amide bonds. The zero-order chi connectivity index (χ0) is 11.5. The Bertz CT molecular complexity index is 365. The molecule has 1 aromatic heterocycles. The molecule has 3 nitrogen and oxygen atoms in total. The fraction of sp³-hybridized carbons (Fsp3) is 0.667. The fourth-order valence-corrected chi connectivity index (χ4v) is 7.49. The summed E-state index contributed by atoms with van der Waals surface area (Å²) in [6, 6.07) is 0. The van der Waals surface area contributed by atoms with E-state index in [1.54, 1.807) is 37.7 Å². The molecule has 2 atom stereocenters. The van der Waals surface area contributed by atoms with Gasteiger partial charge in [0.05, 0.1) is 21.6 Å². The molecule has 0 fully saturated rings. The lowest BCUT2D eigenvalue weighted by atomic mass is 10.3. The van der Waals surface area contributed by atoms with Crippen LogP contribution in [0.1, 0.15) is 0 Å². The molecule has 0 bridgehead atoms. The zero-order valence-electron chi connectivity index (χ0n) is 8.93. The van der Waals surface area contributed by atoms with E-state index in [1.165, 1.54) is 22.7 Å². The van der Waals surface area contributed by atoms with Crippen LogP contribution in [0.15, 0.2) is 13.2 Å². The topological polar surface area (TPSA) is 35.5 Å². The van der Waals surface area contributed by atoms with Crippen molar-refractivity contribution >= 4 is 46.2 Å². The minimum Gasteiger partial charge on any atom is -0.383 e. The van der Waals surface area contributed by atoms with E-state index < -0.39 is 0 Å². The van der Waals surface area contributed by atoms with Gasteiger partial charge in [0.2, 0.25) is 0 Å². The summed E-state index contributed by atoms with van der Waals surface area (Å²) in [5.74, 6) is 0. The summed E-state index contributed by atoms with van der Waals surface area (Å²) < 4.78 is 12.9. The van der Waals surface area contributed by atoms with Crippen LogP contribution in [-0.4, -0.2) is 37.9 Å². The van der Waals surface area contributed by atoms with E-state index in [1.807, 2.05) is 0 Å². The largest absolute Gasteiger partial charge is 0.383 e. The van der Waals surface area contributed by atoms with Crippen molar-refractivity contribution in [3.63, 3.8) is 0 Å². The highest BCUT2D eigenvalue weighted by atomic mass is 32.2. The Morgan fingerprint density at radius 1 is 1.00 bits per heavy atom. The number of methoxy groups -OCH3 is 2. The van der Waals surface area contributed by atoms with Crippen LogP contribution in [0.3, 0.4) is 0 Å². The molecule has 1 aliphatic rings. The van der Waals surface area contributed by atoms with Crippen molar-refractivity contribution in [3.8, 4) is 0 Å². The molecule has 0 unspecified atom stereocenters. The molecule has 0 aliphatic carbocycles. The normalized spacial score (nSPS) is 24.4. The second-order valence-electron chi connectivity index (χ2n) is 3.25. The van der Waals surface area contributed by atoms with Crippen molar-refractivity contribution in [3.05, 3.63) is 8.85 Å². The first-order valence-corrected chi connectivity index (χ1v) is 8.09. The number of hydrogen-bond acceptors (Lipinski definition) is 7. The summed E-state index contributed by atoms with van der Waals surface area (Å²) in [6.45, 7) is 1.39. The van der Waals surface area contributed by atoms with Crippen molar-refractivity contribution in [2.45, 2.75) is 18.9 Å². The molecule has 0 spiro atoms. The van der Waals surface area contributed by atoms with E-state index >= 15 is 0 Å². The van der Waals surface area contributed by atoms with Gasteiger partial charge in [-0.15, -0.1) is 23.5 Å². The first kappa shape index (κ1) is 12.9. The molecule has 7 heteroatoms. The van der Waals surface area contributed by atoms with Crippen LogP contribution in [0.5, 0.6) is 0 Å². The maximum atomic E-state index is 11.3. The van der Waals surface area contributed by atoms with Crippen molar-refractivity contribution in [1.29, 1.82) is 0 Å². The number of rotatable bonds is 4. The predicted octanol–water partition coefficient (Wildman–Crippen LogP) is 2.40. The number of fused-ring (bicyclic) bond motifs is 1. The lowest BCUT2D eigenvalue weighted by molar-refractivity contribution is 0.167. The van der Waals surface area contributed by atoms with Crippen molar-refractivity contribution in [2.24, 2.45) is 0 Å². The second kappa shape index (κ2) is 5.88. The molecule has 0 saturated heterocycles. The number of thioether (sulfide) groups is 2. The Hall–Kier alpha value is 0.470. The van der Waals surface area contributed by atoms with E-state index in [4.69, 9.17) is 9.47 Å². The molecule has 16 heavy (non-hydrogen) atoms. The number of hydrogen-bond donors (Lipinski definition) is 0. The lowest BCUT2D eigenvalue weighted by Crippen LogP contribution is -2.30. The van der Waals surface area contributed by atoms with Gasteiger partial charge in [0.15, 0.2) is 0 Å². The highest BCUT2D eigenvalue weighted by molar-refractivity contribution is 8.09. The number of ether oxygens (including phenoxy) is 2. The van der Waals surface area contributed by atoms with E-state index in [0.717, 1.165) is 8.42 Å². The average Bonchev–Trinajstić information content (AvgIpc) is 2.58. The Morgan fingerprint density at radius 2 is 1.44 bits per heavy atom. The maximum Gasteiger partial charge on any atom is 0.289 e. The Morgan fingerprint density at radius 3 is 1.81 bits per heavy atom. The van der Waals surface area contributed by atoms with Crippen LogP contribution in [0.25, 0.3) is 0 Å². The van der Waals surface area contributed by atoms with Gasteiger partial charge in [-0.25, -0.2) is 0 Å². The third-order valence-corrected chi connectivity index (χ3v) is 7.86. The van der Waals surface area contributed by atoms with Crippen LogP contribution in [0.4, 0.5) is 0 Å². The molecular weight excluding hydrogens is 284 g/mol. The molecule has 2 heterocycles. The van der Waals surface area contributed by atoms with Gasteiger partial charge in [-0.1, -0.05) is 22.7 Å². The van der Waals surface area contributed by atoms with E-state index in [2.05, 4.69) is 0 Å². The van der Waals surface area contributed by atoms with Crippen LogP contribution < -0.4 is 4.06 Å².